The average Bonchev–Trinajstić information content (AvgIpc) is 3.09. The van der Waals surface area contributed by atoms with Crippen molar-refractivity contribution in [3.63, 3.8) is 0 Å². The van der Waals surface area contributed by atoms with Gasteiger partial charge in [0.2, 0.25) is 0 Å². The first kappa shape index (κ1) is 18.4. The third kappa shape index (κ3) is 3.83. The first-order valence-corrected chi connectivity index (χ1v) is 9.39. The molecule has 28 heavy (non-hydrogen) atoms. The van der Waals surface area contributed by atoms with Crippen molar-refractivity contribution in [3.8, 4) is 0 Å². The van der Waals surface area contributed by atoms with E-state index in [9.17, 15) is 13.6 Å². The number of amides is 2. The summed E-state index contributed by atoms with van der Waals surface area (Å²) < 4.78 is 26.5. The van der Waals surface area contributed by atoms with Crippen molar-refractivity contribution in [1.82, 2.24) is 14.7 Å². The van der Waals surface area contributed by atoms with Gasteiger partial charge < -0.3 is 20.0 Å². The molecular weight excluding hydrogens is 366 g/mol. The van der Waals surface area contributed by atoms with Crippen LogP contribution in [-0.4, -0.2) is 71.7 Å². The lowest BCUT2D eigenvalue weighted by atomic mass is 10.2. The molecule has 0 radical (unpaired) electrons. The van der Waals surface area contributed by atoms with Crippen LogP contribution in [0.1, 0.15) is 13.3 Å². The van der Waals surface area contributed by atoms with Crippen molar-refractivity contribution >= 4 is 23.9 Å². The van der Waals surface area contributed by atoms with E-state index in [0.29, 0.717) is 32.2 Å². The Hall–Kier alpha value is -2.97. The van der Waals surface area contributed by atoms with Gasteiger partial charge in [0.1, 0.15) is 23.3 Å². The first-order chi connectivity index (χ1) is 13.5. The Kier molecular flexibility index (Phi) is 4.97. The Morgan fingerprint density at radius 2 is 1.89 bits per heavy atom. The molecule has 0 spiro atoms. The molecule has 3 aliphatic rings. The number of rotatable bonds is 3. The standard InChI is InChI=1S/C19H22F2N6O/c1-2-15-11-27-12-22-17(10-18(27)23-15)25-3-5-26(6-4-25)19(28)24-16-8-13(20)7-14(21)9-16/h7-10,12,15H,2-6,11H2,1H3,(H,24,28)/t15-/m0/s1. The van der Waals surface area contributed by atoms with Crippen molar-refractivity contribution in [3.05, 3.63) is 41.7 Å². The third-order valence-corrected chi connectivity index (χ3v) is 5.08. The molecule has 0 saturated carbocycles. The maximum absolute atomic E-state index is 13.3. The van der Waals surface area contributed by atoms with Crippen LogP contribution < -0.4 is 5.32 Å². The highest BCUT2D eigenvalue weighted by molar-refractivity contribution is 6.03. The molecule has 0 aliphatic carbocycles. The topological polar surface area (TPSA) is 63.5 Å². The minimum absolute atomic E-state index is 0.106. The van der Waals surface area contributed by atoms with E-state index in [1.54, 1.807) is 4.90 Å². The molecule has 3 heterocycles. The molecule has 148 valence electrons. The number of nitrogens with one attached hydrogen (secondary N) is 1. The smallest absolute Gasteiger partial charge is 0.321 e. The normalized spacial score (nSPS) is 21.4. The second-order valence-electron chi connectivity index (χ2n) is 7.01. The van der Waals surface area contributed by atoms with Crippen LogP contribution in [-0.2, 0) is 0 Å². The van der Waals surface area contributed by atoms with Crippen LogP contribution in [0.15, 0.2) is 40.1 Å². The minimum atomic E-state index is -0.726. The predicted octanol–water partition coefficient (Wildman–Crippen LogP) is 2.49. The molecule has 1 N–H and O–H groups in total. The van der Waals surface area contributed by atoms with Crippen LogP contribution >= 0.6 is 0 Å². The fraction of sp³-hybridized carbons (Fsp3) is 0.421. The second kappa shape index (κ2) is 7.57. The van der Waals surface area contributed by atoms with E-state index in [1.807, 2.05) is 12.4 Å². The highest BCUT2D eigenvalue weighted by Crippen LogP contribution is 2.20. The largest absolute Gasteiger partial charge is 0.353 e. The van der Waals surface area contributed by atoms with Crippen LogP contribution in [0.2, 0.25) is 0 Å². The summed E-state index contributed by atoms with van der Waals surface area (Å²) in [6.45, 7) is 5.22. The van der Waals surface area contributed by atoms with E-state index in [1.165, 1.54) is 0 Å². The highest BCUT2D eigenvalue weighted by atomic mass is 19.1. The Morgan fingerprint density at radius 1 is 1.18 bits per heavy atom. The summed E-state index contributed by atoms with van der Waals surface area (Å²) in [5.41, 5.74) is 0.106. The molecule has 4 rings (SSSR count). The number of amidine groups is 1. The molecule has 2 amide bonds. The first-order valence-electron chi connectivity index (χ1n) is 9.39. The van der Waals surface area contributed by atoms with Crippen LogP contribution in [0.4, 0.5) is 19.3 Å². The molecule has 0 aromatic heterocycles. The summed E-state index contributed by atoms with van der Waals surface area (Å²) in [6.07, 6.45) is 4.81. The third-order valence-electron chi connectivity index (χ3n) is 5.08. The Balaban J connectivity index is 1.34. The summed E-state index contributed by atoms with van der Waals surface area (Å²) in [5, 5.41) is 2.55. The van der Waals surface area contributed by atoms with Crippen molar-refractivity contribution in [2.75, 3.05) is 38.0 Å². The van der Waals surface area contributed by atoms with Crippen LogP contribution in [0, 0.1) is 11.6 Å². The molecule has 1 atom stereocenters. The van der Waals surface area contributed by atoms with E-state index in [0.717, 1.165) is 42.8 Å². The van der Waals surface area contributed by atoms with Gasteiger partial charge in [-0.25, -0.2) is 18.6 Å². The van der Waals surface area contributed by atoms with Gasteiger partial charge >= 0.3 is 6.03 Å². The zero-order valence-electron chi connectivity index (χ0n) is 15.6. The predicted molar refractivity (Wildman–Crippen MR) is 103 cm³/mol. The van der Waals surface area contributed by atoms with Crippen molar-refractivity contribution in [2.24, 2.45) is 9.98 Å². The summed E-state index contributed by atoms with van der Waals surface area (Å²) in [6, 6.07) is 2.89. The number of aliphatic imine (C=N–C) groups is 2. The number of fused-ring (bicyclic) bond motifs is 1. The number of carbonyl (C=O) groups is 1. The van der Waals surface area contributed by atoms with Gasteiger partial charge in [-0.1, -0.05) is 6.92 Å². The molecule has 7 nitrogen and oxygen atoms in total. The molecule has 1 aromatic rings. The number of hydrogen-bond acceptors (Lipinski definition) is 5. The van der Waals surface area contributed by atoms with Gasteiger partial charge in [-0.3, -0.25) is 4.99 Å². The van der Waals surface area contributed by atoms with Gasteiger partial charge in [0.05, 0.1) is 12.4 Å². The van der Waals surface area contributed by atoms with Gasteiger partial charge in [-0.2, -0.15) is 0 Å². The molecule has 3 aliphatic heterocycles. The van der Waals surface area contributed by atoms with E-state index < -0.39 is 11.6 Å². The number of hydrogen-bond donors (Lipinski definition) is 1. The fourth-order valence-electron chi connectivity index (χ4n) is 3.49. The maximum atomic E-state index is 13.3. The van der Waals surface area contributed by atoms with Crippen molar-refractivity contribution in [2.45, 2.75) is 19.4 Å². The molecule has 1 saturated heterocycles. The van der Waals surface area contributed by atoms with E-state index in [2.05, 4.69) is 27.0 Å². The molecule has 1 fully saturated rings. The lowest BCUT2D eigenvalue weighted by Gasteiger charge is -2.36. The van der Waals surface area contributed by atoms with Crippen molar-refractivity contribution < 1.29 is 13.6 Å². The Morgan fingerprint density at radius 3 is 2.57 bits per heavy atom. The van der Waals surface area contributed by atoms with Gasteiger partial charge in [-0.15, -0.1) is 0 Å². The second-order valence-corrected chi connectivity index (χ2v) is 7.01. The zero-order chi connectivity index (χ0) is 19.7. The molecular formula is C19H22F2N6O. The monoisotopic (exact) mass is 388 g/mol. The van der Waals surface area contributed by atoms with Gasteiger partial charge in [-0.05, 0) is 18.6 Å². The van der Waals surface area contributed by atoms with Crippen molar-refractivity contribution in [1.29, 1.82) is 0 Å². The molecule has 0 unspecified atom stereocenters. The Bertz CT molecular complexity index is 840. The Labute approximate surface area is 162 Å². The number of piperazine rings is 1. The number of urea groups is 1. The molecule has 9 heteroatoms. The zero-order valence-corrected chi connectivity index (χ0v) is 15.6. The quantitative estimate of drug-likeness (QED) is 0.865. The number of benzene rings is 1. The number of anilines is 1. The van der Waals surface area contributed by atoms with E-state index in [-0.39, 0.29) is 11.7 Å². The summed E-state index contributed by atoms with van der Waals surface area (Å²) in [5.74, 6) is 0.331. The summed E-state index contributed by atoms with van der Waals surface area (Å²) in [7, 11) is 0. The SMILES string of the molecule is CC[C@H]1CN2C=NC(N3CCN(C(=O)Nc4cc(F)cc(F)c4)CC3)=CC2=N1. The van der Waals surface area contributed by atoms with E-state index in [4.69, 9.17) is 4.99 Å². The van der Waals surface area contributed by atoms with Crippen LogP contribution in [0.25, 0.3) is 0 Å². The summed E-state index contributed by atoms with van der Waals surface area (Å²) in [4.78, 5) is 27.4. The fourth-order valence-corrected chi connectivity index (χ4v) is 3.49. The molecule has 1 aromatic carbocycles. The number of nitrogens with zero attached hydrogens (tertiary/aromatic N) is 5. The molecule has 0 bridgehead atoms. The van der Waals surface area contributed by atoms with E-state index >= 15 is 0 Å². The average molecular weight is 388 g/mol. The number of carbonyl (C=O) groups excluding carboxylic acids is 1. The highest BCUT2D eigenvalue weighted by Gasteiger charge is 2.28. The van der Waals surface area contributed by atoms with Gasteiger partial charge in [0, 0.05) is 50.6 Å². The van der Waals surface area contributed by atoms with Crippen LogP contribution in [0.5, 0.6) is 0 Å². The van der Waals surface area contributed by atoms with Gasteiger partial charge in [0.25, 0.3) is 0 Å². The summed E-state index contributed by atoms with van der Waals surface area (Å²) >= 11 is 0. The van der Waals surface area contributed by atoms with Gasteiger partial charge in [0.15, 0.2) is 0 Å². The lowest BCUT2D eigenvalue weighted by Crippen LogP contribution is -2.49. The minimum Gasteiger partial charge on any atom is -0.353 e. The van der Waals surface area contributed by atoms with Crippen LogP contribution in [0.3, 0.4) is 0 Å². The lowest BCUT2D eigenvalue weighted by molar-refractivity contribution is 0.167. The maximum Gasteiger partial charge on any atom is 0.321 e. The number of halogens is 2.